The normalized spacial score (nSPS) is 10.5. The summed E-state index contributed by atoms with van der Waals surface area (Å²) in [4.78, 5) is 8.31. The SMILES string of the molecule is N#Cc1cc2ncn(Cc3ccc(B(O)O)cc3)c2cn1. The van der Waals surface area contributed by atoms with Crippen molar-refractivity contribution in [3.8, 4) is 6.07 Å². The van der Waals surface area contributed by atoms with Crippen molar-refractivity contribution < 1.29 is 10.0 Å². The van der Waals surface area contributed by atoms with Crippen molar-refractivity contribution in [2.45, 2.75) is 6.54 Å². The van der Waals surface area contributed by atoms with Crippen molar-refractivity contribution in [3.63, 3.8) is 0 Å². The minimum absolute atomic E-state index is 0.342. The average Bonchev–Trinajstić information content (AvgIpc) is 2.90. The van der Waals surface area contributed by atoms with Crippen LogP contribution in [0.4, 0.5) is 0 Å². The first-order chi connectivity index (χ1) is 10.2. The van der Waals surface area contributed by atoms with E-state index in [9.17, 15) is 0 Å². The molecule has 0 saturated heterocycles. The third-order valence-corrected chi connectivity index (χ3v) is 3.25. The quantitative estimate of drug-likeness (QED) is 0.659. The van der Waals surface area contributed by atoms with Gasteiger partial charge in [0.1, 0.15) is 11.8 Å². The first-order valence-corrected chi connectivity index (χ1v) is 6.33. The first-order valence-electron chi connectivity index (χ1n) is 6.33. The molecular formula is C14H11BN4O2. The molecule has 0 radical (unpaired) electrons. The Morgan fingerprint density at radius 1 is 1.19 bits per heavy atom. The molecule has 6 nitrogen and oxygen atoms in total. The van der Waals surface area contributed by atoms with E-state index in [1.807, 2.05) is 22.8 Å². The highest BCUT2D eigenvalue weighted by Gasteiger charge is 2.10. The van der Waals surface area contributed by atoms with E-state index in [0.29, 0.717) is 17.7 Å². The standard InChI is InChI=1S/C14H11BN4O2/c16-6-12-5-13-14(7-17-12)19(9-18-13)8-10-1-3-11(4-2-10)15(20)21/h1-5,7,9,20-21H,8H2. The van der Waals surface area contributed by atoms with Crippen LogP contribution >= 0.6 is 0 Å². The van der Waals surface area contributed by atoms with E-state index in [1.165, 1.54) is 0 Å². The fourth-order valence-electron chi connectivity index (χ4n) is 2.14. The number of aromatic nitrogens is 3. The van der Waals surface area contributed by atoms with E-state index in [1.54, 1.807) is 30.7 Å². The van der Waals surface area contributed by atoms with Gasteiger partial charge in [-0.3, -0.25) is 0 Å². The van der Waals surface area contributed by atoms with Crippen molar-refractivity contribution in [2.24, 2.45) is 0 Å². The maximum Gasteiger partial charge on any atom is 0.488 e. The molecule has 2 heterocycles. The Balaban J connectivity index is 1.89. The molecule has 0 fully saturated rings. The minimum atomic E-state index is -1.46. The van der Waals surface area contributed by atoms with Gasteiger partial charge in [0.25, 0.3) is 0 Å². The molecule has 2 N–H and O–H groups in total. The van der Waals surface area contributed by atoms with Gasteiger partial charge in [-0.15, -0.1) is 0 Å². The molecular weight excluding hydrogens is 267 g/mol. The molecule has 0 unspecified atom stereocenters. The van der Waals surface area contributed by atoms with Gasteiger partial charge in [-0.2, -0.15) is 5.26 Å². The maximum absolute atomic E-state index is 9.07. The molecule has 0 aliphatic heterocycles. The maximum atomic E-state index is 9.07. The van der Waals surface area contributed by atoms with Gasteiger partial charge in [-0.05, 0) is 11.0 Å². The Labute approximate surface area is 121 Å². The van der Waals surface area contributed by atoms with Gasteiger partial charge in [-0.1, -0.05) is 24.3 Å². The molecule has 1 aromatic carbocycles. The lowest BCUT2D eigenvalue weighted by molar-refractivity contribution is 0.426. The van der Waals surface area contributed by atoms with Gasteiger partial charge in [0.05, 0.1) is 23.6 Å². The summed E-state index contributed by atoms with van der Waals surface area (Å²) in [5.74, 6) is 0. The molecule has 0 amide bonds. The zero-order valence-electron chi connectivity index (χ0n) is 11.0. The summed E-state index contributed by atoms with van der Waals surface area (Å²) >= 11 is 0. The number of fused-ring (bicyclic) bond motifs is 1. The Morgan fingerprint density at radius 3 is 2.62 bits per heavy atom. The van der Waals surface area contributed by atoms with Gasteiger partial charge in [0.15, 0.2) is 0 Å². The topological polar surface area (TPSA) is 95.0 Å². The summed E-state index contributed by atoms with van der Waals surface area (Å²) in [6.07, 6.45) is 3.33. The fourth-order valence-corrected chi connectivity index (χ4v) is 2.14. The number of rotatable bonds is 3. The predicted molar refractivity (Wildman–Crippen MR) is 77.6 cm³/mol. The van der Waals surface area contributed by atoms with Crippen molar-refractivity contribution in [1.29, 1.82) is 5.26 Å². The summed E-state index contributed by atoms with van der Waals surface area (Å²) in [6, 6.07) is 10.6. The smallest absolute Gasteiger partial charge is 0.423 e. The van der Waals surface area contributed by atoms with E-state index >= 15 is 0 Å². The highest BCUT2D eigenvalue weighted by atomic mass is 16.4. The van der Waals surface area contributed by atoms with Gasteiger partial charge < -0.3 is 14.6 Å². The summed E-state index contributed by atoms with van der Waals surface area (Å²) in [6.45, 7) is 0.589. The molecule has 102 valence electrons. The van der Waals surface area contributed by atoms with E-state index < -0.39 is 7.12 Å². The molecule has 0 saturated carbocycles. The van der Waals surface area contributed by atoms with Gasteiger partial charge in [0, 0.05) is 12.6 Å². The van der Waals surface area contributed by atoms with Crippen LogP contribution in [-0.2, 0) is 6.54 Å². The van der Waals surface area contributed by atoms with Crippen LogP contribution in [0.15, 0.2) is 42.9 Å². The van der Waals surface area contributed by atoms with Gasteiger partial charge >= 0.3 is 7.12 Å². The highest BCUT2D eigenvalue weighted by Crippen LogP contribution is 2.14. The molecule has 3 aromatic rings. The first kappa shape index (κ1) is 13.3. The second kappa shape index (κ2) is 5.36. The third-order valence-electron chi connectivity index (χ3n) is 3.25. The summed E-state index contributed by atoms with van der Waals surface area (Å²) in [7, 11) is -1.46. The third kappa shape index (κ3) is 2.63. The lowest BCUT2D eigenvalue weighted by atomic mass is 9.80. The number of nitrogens with zero attached hydrogens (tertiary/aromatic N) is 4. The number of hydrogen-bond acceptors (Lipinski definition) is 5. The van der Waals surface area contributed by atoms with Crippen molar-refractivity contribution >= 4 is 23.6 Å². The molecule has 3 rings (SSSR count). The van der Waals surface area contributed by atoms with Crippen LogP contribution in [0.25, 0.3) is 11.0 Å². The fraction of sp³-hybridized carbons (Fsp3) is 0.0714. The molecule has 0 spiro atoms. The van der Waals surface area contributed by atoms with E-state index in [2.05, 4.69) is 9.97 Å². The van der Waals surface area contributed by atoms with E-state index in [4.69, 9.17) is 15.3 Å². The van der Waals surface area contributed by atoms with Crippen molar-refractivity contribution in [3.05, 3.63) is 54.1 Å². The molecule has 0 aliphatic rings. The number of benzene rings is 1. The largest absolute Gasteiger partial charge is 0.488 e. The molecule has 2 aromatic heterocycles. The Bertz CT molecular complexity index is 821. The molecule has 0 aliphatic carbocycles. The molecule has 21 heavy (non-hydrogen) atoms. The number of pyridine rings is 1. The lowest BCUT2D eigenvalue weighted by Crippen LogP contribution is -2.29. The van der Waals surface area contributed by atoms with Crippen LogP contribution in [0.3, 0.4) is 0 Å². The van der Waals surface area contributed by atoms with E-state index in [-0.39, 0.29) is 0 Å². The van der Waals surface area contributed by atoms with Gasteiger partial charge in [-0.25, -0.2) is 9.97 Å². The van der Waals surface area contributed by atoms with E-state index in [0.717, 1.165) is 16.6 Å². The van der Waals surface area contributed by atoms with Crippen LogP contribution in [-0.4, -0.2) is 31.7 Å². The van der Waals surface area contributed by atoms with Crippen LogP contribution < -0.4 is 5.46 Å². The summed E-state index contributed by atoms with van der Waals surface area (Å²) in [5.41, 5.74) is 3.37. The van der Waals surface area contributed by atoms with Gasteiger partial charge in [0.2, 0.25) is 0 Å². The highest BCUT2D eigenvalue weighted by molar-refractivity contribution is 6.58. The van der Waals surface area contributed by atoms with Crippen molar-refractivity contribution in [2.75, 3.05) is 0 Å². The zero-order chi connectivity index (χ0) is 14.8. The zero-order valence-corrected chi connectivity index (χ0v) is 11.0. The lowest BCUT2D eigenvalue weighted by Gasteiger charge is -2.06. The number of imidazole rings is 1. The van der Waals surface area contributed by atoms with Crippen molar-refractivity contribution in [1.82, 2.24) is 14.5 Å². The molecule has 0 bridgehead atoms. The summed E-state index contributed by atoms with van der Waals surface area (Å²) < 4.78 is 1.92. The Kier molecular flexibility index (Phi) is 3.40. The van der Waals surface area contributed by atoms with Crippen LogP contribution in [0.5, 0.6) is 0 Å². The Hall–Kier alpha value is -2.69. The average molecular weight is 278 g/mol. The predicted octanol–water partition coefficient (Wildman–Crippen LogP) is 0.0311. The van der Waals surface area contributed by atoms with Crippen LogP contribution in [0, 0.1) is 11.3 Å². The van der Waals surface area contributed by atoms with Crippen LogP contribution in [0.2, 0.25) is 0 Å². The second-order valence-electron chi connectivity index (χ2n) is 4.66. The summed E-state index contributed by atoms with van der Waals surface area (Å²) in [5, 5.41) is 27.0. The minimum Gasteiger partial charge on any atom is -0.423 e. The number of nitriles is 1. The monoisotopic (exact) mass is 278 g/mol. The Morgan fingerprint density at radius 2 is 1.95 bits per heavy atom. The number of hydrogen-bond donors (Lipinski definition) is 2. The second-order valence-corrected chi connectivity index (χ2v) is 4.66. The van der Waals surface area contributed by atoms with Crippen LogP contribution in [0.1, 0.15) is 11.3 Å². The molecule has 0 atom stereocenters. The molecule has 7 heteroatoms.